The number of thioether (sulfide) groups is 1. The summed E-state index contributed by atoms with van der Waals surface area (Å²) in [6, 6.07) is 7.57. The van der Waals surface area contributed by atoms with Gasteiger partial charge in [0, 0.05) is 41.8 Å². The molecule has 1 heterocycles. The van der Waals surface area contributed by atoms with Crippen LogP contribution in [0.15, 0.2) is 51.8 Å². The number of carboxylic acid groups (broad SMARTS) is 1. The molecule has 0 aromatic heterocycles. The van der Waals surface area contributed by atoms with Gasteiger partial charge < -0.3 is 10.4 Å². The largest absolute Gasteiger partial charge is 0.481 e. The van der Waals surface area contributed by atoms with Crippen molar-refractivity contribution in [3.8, 4) is 0 Å². The van der Waals surface area contributed by atoms with E-state index in [1.54, 1.807) is 24.9 Å². The maximum absolute atomic E-state index is 13.4. The Kier molecular flexibility index (Phi) is 7.31. The quantitative estimate of drug-likeness (QED) is 0.547. The van der Waals surface area contributed by atoms with E-state index in [1.807, 2.05) is 30.5 Å². The molecule has 8 heteroatoms. The zero-order valence-electron chi connectivity index (χ0n) is 17.3. The highest BCUT2D eigenvalue weighted by Crippen LogP contribution is 2.42. The third-order valence-electron chi connectivity index (χ3n) is 5.39. The van der Waals surface area contributed by atoms with Gasteiger partial charge in [-0.05, 0) is 37.7 Å². The van der Waals surface area contributed by atoms with E-state index in [2.05, 4.69) is 11.4 Å². The predicted molar refractivity (Wildman–Crippen MR) is 124 cm³/mol. The molecule has 0 radical (unpaired) electrons. The van der Waals surface area contributed by atoms with Crippen LogP contribution >= 0.6 is 11.8 Å². The molecule has 1 aromatic rings. The minimum absolute atomic E-state index is 0.207. The third-order valence-corrected chi connectivity index (χ3v) is 7.98. The highest BCUT2D eigenvalue weighted by Gasteiger charge is 2.35. The van der Waals surface area contributed by atoms with Gasteiger partial charge in [0.05, 0.1) is 10.6 Å². The number of aliphatic carboxylic acids is 1. The molecule has 0 unspecified atom stereocenters. The van der Waals surface area contributed by atoms with Crippen LogP contribution in [0, 0.1) is 0 Å². The Morgan fingerprint density at radius 2 is 1.93 bits per heavy atom. The second-order valence-corrected chi connectivity index (χ2v) is 10.2. The number of nitrogens with zero attached hydrogens (tertiary/aromatic N) is 1. The number of carboxylic acids is 1. The third kappa shape index (κ3) is 4.75. The highest BCUT2D eigenvalue weighted by molar-refractivity contribution is 8.02. The topological polar surface area (TPSA) is 86.7 Å². The van der Waals surface area contributed by atoms with Crippen LogP contribution in [0.5, 0.6) is 0 Å². The van der Waals surface area contributed by atoms with E-state index < -0.39 is 16.0 Å². The van der Waals surface area contributed by atoms with Crippen LogP contribution in [0.2, 0.25) is 0 Å². The number of allylic oxidation sites excluding steroid dienone is 3. The van der Waals surface area contributed by atoms with Crippen LogP contribution < -0.4 is 9.62 Å². The smallest absolute Gasteiger partial charge is 0.303 e. The van der Waals surface area contributed by atoms with Crippen LogP contribution in [0.3, 0.4) is 0 Å². The maximum Gasteiger partial charge on any atom is 0.303 e. The SMILES string of the molecule is CSC1=CCC2=C(NCCCCCCC(=O)O)c3ccccc3N(C)S(=O)(=O)C2=C1. The van der Waals surface area contributed by atoms with Crippen molar-refractivity contribution in [2.75, 3.05) is 24.2 Å². The summed E-state index contributed by atoms with van der Waals surface area (Å²) in [5.74, 6) is -0.755. The molecule has 0 saturated carbocycles. The number of nitrogens with one attached hydrogen (secondary N) is 1. The van der Waals surface area contributed by atoms with Crippen molar-refractivity contribution in [2.45, 2.75) is 38.5 Å². The van der Waals surface area contributed by atoms with E-state index in [0.29, 0.717) is 30.0 Å². The van der Waals surface area contributed by atoms with E-state index in [-0.39, 0.29) is 6.42 Å². The zero-order chi connectivity index (χ0) is 21.7. The number of anilines is 1. The summed E-state index contributed by atoms with van der Waals surface area (Å²) >= 11 is 1.54. The summed E-state index contributed by atoms with van der Waals surface area (Å²) in [7, 11) is -2.05. The molecule has 0 atom stereocenters. The van der Waals surface area contributed by atoms with Crippen molar-refractivity contribution in [1.82, 2.24) is 5.32 Å². The molecular formula is C22H28N2O4S2. The van der Waals surface area contributed by atoms with Gasteiger partial charge in [0.15, 0.2) is 0 Å². The van der Waals surface area contributed by atoms with Crippen molar-refractivity contribution in [2.24, 2.45) is 0 Å². The summed E-state index contributed by atoms with van der Waals surface area (Å²) < 4.78 is 28.1. The number of sulfonamides is 1. The Hall–Kier alpha value is -2.19. The molecule has 0 amide bonds. The van der Waals surface area contributed by atoms with Crippen molar-refractivity contribution >= 4 is 39.1 Å². The van der Waals surface area contributed by atoms with Gasteiger partial charge in [-0.25, -0.2) is 8.42 Å². The summed E-state index contributed by atoms with van der Waals surface area (Å²) in [5.41, 5.74) is 3.21. The summed E-state index contributed by atoms with van der Waals surface area (Å²) in [5, 5.41) is 12.2. The molecule has 1 aliphatic heterocycles. The van der Waals surface area contributed by atoms with E-state index in [4.69, 9.17) is 5.11 Å². The van der Waals surface area contributed by atoms with Gasteiger partial charge >= 0.3 is 5.97 Å². The second kappa shape index (κ2) is 9.75. The fourth-order valence-corrected chi connectivity index (χ4v) is 5.79. The Morgan fingerprint density at radius 1 is 1.20 bits per heavy atom. The minimum Gasteiger partial charge on any atom is -0.481 e. The first-order valence-corrected chi connectivity index (χ1v) is 12.8. The standard InChI is InChI=1S/C22H28N2O4S2/c1-24-19-10-7-6-9-17(19)22(23-14-8-4-3-5-11-21(25)26)18-13-12-16(29-2)15-20(18)30(24,27)28/h6-7,9-10,12,15,23H,3-5,8,11,13-14H2,1-2H3,(H,25,26). The Bertz CT molecular complexity index is 1010. The summed E-state index contributed by atoms with van der Waals surface area (Å²) in [6.45, 7) is 0.705. The normalized spacial score (nSPS) is 17.5. The number of carbonyl (C=O) groups is 1. The Balaban J connectivity index is 1.88. The monoisotopic (exact) mass is 448 g/mol. The van der Waals surface area contributed by atoms with Crippen LogP contribution in [-0.4, -0.2) is 39.3 Å². The molecule has 6 nitrogen and oxygen atoms in total. The number of hydrogen-bond donors (Lipinski definition) is 2. The summed E-state index contributed by atoms with van der Waals surface area (Å²) in [6.07, 6.45) is 9.94. The Morgan fingerprint density at radius 3 is 2.67 bits per heavy atom. The van der Waals surface area contributed by atoms with Crippen molar-refractivity contribution < 1.29 is 18.3 Å². The second-order valence-electron chi connectivity index (χ2n) is 7.35. The number of para-hydroxylation sites is 1. The van der Waals surface area contributed by atoms with Gasteiger partial charge in [-0.15, -0.1) is 11.8 Å². The summed E-state index contributed by atoms with van der Waals surface area (Å²) in [4.78, 5) is 11.9. The lowest BCUT2D eigenvalue weighted by molar-refractivity contribution is -0.137. The average molecular weight is 449 g/mol. The molecule has 0 saturated heterocycles. The number of unbranched alkanes of at least 4 members (excludes halogenated alkanes) is 3. The van der Waals surface area contributed by atoms with Gasteiger partial charge in [-0.3, -0.25) is 9.10 Å². The first-order valence-electron chi connectivity index (χ1n) is 10.1. The van der Waals surface area contributed by atoms with Crippen molar-refractivity contribution in [3.05, 3.63) is 57.4 Å². The molecule has 0 spiro atoms. The molecule has 2 N–H and O–H groups in total. The lowest BCUT2D eigenvalue weighted by atomic mass is 9.98. The van der Waals surface area contributed by atoms with Crippen molar-refractivity contribution in [3.63, 3.8) is 0 Å². The molecule has 0 bridgehead atoms. The van der Waals surface area contributed by atoms with E-state index in [9.17, 15) is 13.2 Å². The van der Waals surface area contributed by atoms with E-state index in [0.717, 1.165) is 41.0 Å². The lowest BCUT2D eigenvalue weighted by Gasteiger charge is -2.22. The molecule has 1 aliphatic carbocycles. The zero-order valence-corrected chi connectivity index (χ0v) is 19.0. The van der Waals surface area contributed by atoms with Gasteiger partial charge in [0.2, 0.25) is 0 Å². The maximum atomic E-state index is 13.4. The molecule has 3 rings (SSSR count). The predicted octanol–water partition coefficient (Wildman–Crippen LogP) is 4.34. The van der Waals surface area contributed by atoms with Gasteiger partial charge in [-0.1, -0.05) is 37.1 Å². The van der Waals surface area contributed by atoms with Crippen molar-refractivity contribution in [1.29, 1.82) is 0 Å². The van der Waals surface area contributed by atoms with Gasteiger partial charge in [0.25, 0.3) is 10.0 Å². The Labute approximate surface area is 182 Å². The molecule has 2 aliphatic rings. The first kappa shape index (κ1) is 22.5. The van der Waals surface area contributed by atoms with E-state index in [1.165, 1.54) is 4.31 Å². The van der Waals surface area contributed by atoms with E-state index >= 15 is 0 Å². The minimum atomic E-state index is -3.65. The average Bonchev–Trinajstić information content (AvgIpc) is 2.80. The number of rotatable bonds is 9. The number of hydrogen-bond acceptors (Lipinski definition) is 5. The molecule has 162 valence electrons. The van der Waals surface area contributed by atoms with Crippen LogP contribution in [0.1, 0.15) is 44.1 Å². The molecule has 30 heavy (non-hydrogen) atoms. The molecule has 0 fully saturated rings. The highest BCUT2D eigenvalue weighted by atomic mass is 32.2. The lowest BCUT2D eigenvalue weighted by Crippen LogP contribution is -2.28. The van der Waals surface area contributed by atoms with Crippen LogP contribution in [0.25, 0.3) is 5.70 Å². The van der Waals surface area contributed by atoms with Gasteiger partial charge in [0.1, 0.15) is 0 Å². The number of benzene rings is 1. The number of fused-ring (bicyclic) bond motifs is 2. The van der Waals surface area contributed by atoms with Gasteiger partial charge in [-0.2, -0.15) is 0 Å². The fourth-order valence-electron chi connectivity index (χ4n) is 3.75. The molecule has 1 aromatic carbocycles. The molecular weight excluding hydrogens is 420 g/mol. The van der Waals surface area contributed by atoms with Crippen LogP contribution in [0.4, 0.5) is 5.69 Å². The van der Waals surface area contributed by atoms with Crippen LogP contribution in [-0.2, 0) is 14.8 Å². The first-order chi connectivity index (χ1) is 14.4. The fraction of sp³-hybridized carbons (Fsp3) is 0.409.